The average molecular weight is 362 g/mol. The number of aromatic nitrogens is 2. The third-order valence-corrected chi connectivity index (χ3v) is 5.06. The summed E-state index contributed by atoms with van der Waals surface area (Å²) in [5, 5.41) is 2.06. The van der Waals surface area contributed by atoms with Crippen molar-refractivity contribution in [1.82, 2.24) is 9.97 Å². The summed E-state index contributed by atoms with van der Waals surface area (Å²) >= 11 is 5.27. The molecule has 0 bridgehead atoms. The van der Waals surface area contributed by atoms with E-state index in [0.29, 0.717) is 6.54 Å². The number of thiazole rings is 1. The number of aryl methyl sites for hydroxylation is 1. The zero-order valence-corrected chi connectivity index (χ0v) is 14.2. The van der Waals surface area contributed by atoms with E-state index in [9.17, 15) is 0 Å². The van der Waals surface area contributed by atoms with Gasteiger partial charge in [0.2, 0.25) is 0 Å². The van der Waals surface area contributed by atoms with Crippen molar-refractivity contribution in [1.29, 1.82) is 0 Å². The first kappa shape index (κ1) is 14.6. The molecule has 0 radical (unpaired) electrons. The Balaban J connectivity index is 2.13. The van der Waals surface area contributed by atoms with Crippen molar-refractivity contribution >= 4 is 38.2 Å². The van der Waals surface area contributed by atoms with E-state index in [0.717, 1.165) is 49.5 Å². The fourth-order valence-corrected chi connectivity index (χ4v) is 3.96. The molecule has 5 heteroatoms. The van der Waals surface area contributed by atoms with Gasteiger partial charge < -0.3 is 5.73 Å². The second-order valence-corrected chi connectivity index (χ2v) is 6.79. The van der Waals surface area contributed by atoms with E-state index in [1.165, 1.54) is 0 Å². The lowest BCUT2D eigenvalue weighted by Gasteiger charge is -2.03. The molecule has 0 amide bonds. The molecule has 0 aliphatic heterocycles. The van der Waals surface area contributed by atoms with Gasteiger partial charge in [-0.3, -0.25) is 0 Å². The van der Waals surface area contributed by atoms with Gasteiger partial charge in [-0.05, 0) is 34.5 Å². The average Bonchev–Trinajstić information content (AvgIpc) is 2.90. The first-order valence-electron chi connectivity index (χ1n) is 6.97. The molecule has 2 aromatic heterocycles. The molecule has 0 fully saturated rings. The second kappa shape index (κ2) is 6.22. The number of hydrogen-bond donors (Lipinski definition) is 1. The number of hydrogen-bond acceptors (Lipinski definition) is 4. The van der Waals surface area contributed by atoms with Crippen LogP contribution in [-0.2, 0) is 13.0 Å². The molecular weight excluding hydrogens is 346 g/mol. The van der Waals surface area contributed by atoms with Gasteiger partial charge >= 0.3 is 0 Å². The monoisotopic (exact) mass is 361 g/mol. The highest BCUT2D eigenvalue weighted by molar-refractivity contribution is 9.10. The number of halogens is 1. The molecule has 0 aliphatic carbocycles. The SMILES string of the molecule is CCCc1nc(-c2nc3ccccc3cc2Br)sc1CN. The molecule has 0 saturated heterocycles. The van der Waals surface area contributed by atoms with Crippen molar-refractivity contribution in [3.63, 3.8) is 0 Å². The molecule has 2 N–H and O–H groups in total. The van der Waals surface area contributed by atoms with Crippen molar-refractivity contribution in [3.05, 3.63) is 45.4 Å². The number of rotatable bonds is 4. The predicted octanol–water partition coefficient (Wildman–Crippen LogP) is 4.53. The quantitative estimate of drug-likeness (QED) is 0.742. The molecule has 0 atom stereocenters. The van der Waals surface area contributed by atoms with Gasteiger partial charge in [0.25, 0.3) is 0 Å². The predicted molar refractivity (Wildman–Crippen MR) is 92.4 cm³/mol. The van der Waals surface area contributed by atoms with E-state index >= 15 is 0 Å². The number of nitrogens with zero attached hydrogens (tertiary/aromatic N) is 2. The van der Waals surface area contributed by atoms with Crippen LogP contribution in [0.3, 0.4) is 0 Å². The van der Waals surface area contributed by atoms with Crippen molar-refractivity contribution in [2.45, 2.75) is 26.3 Å². The Morgan fingerprint density at radius 3 is 2.81 bits per heavy atom. The molecule has 0 saturated carbocycles. The standard InChI is InChI=1S/C16H16BrN3S/c1-2-5-13-14(9-18)21-16(20-13)15-11(17)8-10-6-3-4-7-12(10)19-15/h3-4,6-8H,2,5,9,18H2,1H3. The molecule has 21 heavy (non-hydrogen) atoms. The zero-order valence-electron chi connectivity index (χ0n) is 11.8. The normalized spacial score (nSPS) is 11.2. The van der Waals surface area contributed by atoms with Crippen LogP contribution in [0.2, 0.25) is 0 Å². The summed E-state index contributed by atoms with van der Waals surface area (Å²) in [5.74, 6) is 0. The lowest BCUT2D eigenvalue weighted by Crippen LogP contribution is -1.97. The van der Waals surface area contributed by atoms with E-state index < -0.39 is 0 Å². The van der Waals surface area contributed by atoms with Crippen LogP contribution in [0.15, 0.2) is 34.8 Å². The minimum atomic E-state index is 0.540. The minimum absolute atomic E-state index is 0.540. The number of fused-ring (bicyclic) bond motifs is 1. The summed E-state index contributed by atoms with van der Waals surface area (Å²) in [6, 6.07) is 10.2. The largest absolute Gasteiger partial charge is 0.326 e. The van der Waals surface area contributed by atoms with Crippen LogP contribution in [0.25, 0.3) is 21.6 Å². The van der Waals surface area contributed by atoms with Crippen LogP contribution in [0.5, 0.6) is 0 Å². The molecule has 2 heterocycles. The summed E-state index contributed by atoms with van der Waals surface area (Å²) in [7, 11) is 0. The van der Waals surface area contributed by atoms with E-state index in [4.69, 9.17) is 15.7 Å². The Morgan fingerprint density at radius 2 is 2.05 bits per heavy atom. The summed E-state index contributed by atoms with van der Waals surface area (Å²) < 4.78 is 0.974. The number of para-hydroxylation sites is 1. The van der Waals surface area contributed by atoms with E-state index in [2.05, 4.69) is 35.0 Å². The molecule has 3 rings (SSSR count). The second-order valence-electron chi connectivity index (χ2n) is 4.85. The third-order valence-electron chi connectivity index (χ3n) is 3.33. The Morgan fingerprint density at radius 1 is 1.24 bits per heavy atom. The highest BCUT2D eigenvalue weighted by atomic mass is 79.9. The van der Waals surface area contributed by atoms with Crippen LogP contribution in [0.1, 0.15) is 23.9 Å². The maximum atomic E-state index is 5.84. The van der Waals surface area contributed by atoms with Gasteiger partial charge in [0.15, 0.2) is 0 Å². The molecule has 1 aromatic carbocycles. The van der Waals surface area contributed by atoms with Crippen LogP contribution in [0.4, 0.5) is 0 Å². The van der Waals surface area contributed by atoms with Gasteiger partial charge in [-0.15, -0.1) is 11.3 Å². The van der Waals surface area contributed by atoms with Crippen molar-refractivity contribution in [3.8, 4) is 10.7 Å². The van der Waals surface area contributed by atoms with Crippen LogP contribution < -0.4 is 5.73 Å². The summed E-state index contributed by atoms with van der Waals surface area (Å²) in [5.41, 5.74) is 8.83. The lowest BCUT2D eigenvalue weighted by atomic mass is 10.2. The van der Waals surface area contributed by atoms with Gasteiger partial charge in [-0.2, -0.15) is 0 Å². The van der Waals surface area contributed by atoms with Crippen LogP contribution >= 0.6 is 27.3 Å². The van der Waals surface area contributed by atoms with Crippen LogP contribution in [-0.4, -0.2) is 9.97 Å². The van der Waals surface area contributed by atoms with Gasteiger partial charge in [0, 0.05) is 21.3 Å². The zero-order chi connectivity index (χ0) is 14.8. The fraction of sp³-hybridized carbons (Fsp3) is 0.250. The maximum Gasteiger partial charge on any atom is 0.143 e. The summed E-state index contributed by atoms with van der Waals surface area (Å²) in [4.78, 5) is 10.7. The highest BCUT2D eigenvalue weighted by Crippen LogP contribution is 2.34. The van der Waals surface area contributed by atoms with E-state index in [-0.39, 0.29) is 0 Å². The Hall–Kier alpha value is -1.30. The topological polar surface area (TPSA) is 51.8 Å². The number of benzene rings is 1. The molecule has 108 valence electrons. The number of pyridine rings is 1. The summed E-state index contributed by atoms with van der Waals surface area (Å²) in [6.45, 7) is 2.70. The van der Waals surface area contributed by atoms with Crippen LogP contribution in [0, 0.1) is 0 Å². The van der Waals surface area contributed by atoms with Crippen molar-refractivity contribution in [2.75, 3.05) is 0 Å². The molecule has 3 nitrogen and oxygen atoms in total. The first-order chi connectivity index (χ1) is 10.2. The molecule has 3 aromatic rings. The number of nitrogens with two attached hydrogens (primary N) is 1. The lowest BCUT2D eigenvalue weighted by molar-refractivity contribution is 0.871. The smallest absolute Gasteiger partial charge is 0.143 e. The Kier molecular flexibility index (Phi) is 4.33. The van der Waals surface area contributed by atoms with E-state index in [1.807, 2.05) is 18.2 Å². The summed E-state index contributed by atoms with van der Waals surface area (Å²) in [6.07, 6.45) is 2.04. The molecule has 0 spiro atoms. The van der Waals surface area contributed by atoms with Crippen molar-refractivity contribution in [2.24, 2.45) is 5.73 Å². The maximum absolute atomic E-state index is 5.84. The molecule has 0 aliphatic rings. The third kappa shape index (κ3) is 2.86. The fourth-order valence-electron chi connectivity index (χ4n) is 2.32. The first-order valence-corrected chi connectivity index (χ1v) is 8.58. The van der Waals surface area contributed by atoms with Gasteiger partial charge in [0.1, 0.15) is 10.7 Å². The Bertz CT molecular complexity index is 782. The Labute approximate surface area is 136 Å². The molecular formula is C16H16BrN3S. The van der Waals surface area contributed by atoms with Gasteiger partial charge in [-0.1, -0.05) is 31.5 Å². The van der Waals surface area contributed by atoms with Gasteiger partial charge in [0.05, 0.1) is 11.2 Å². The molecule has 0 unspecified atom stereocenters. The van der Waals surface area contributed by atoms with Gasteiger partial charge in [-0.25, -0.2) is 9.97 Å². The van der Waals surface area contributed by atoms with E-state index in [1.54, 1.807) is 11.3 Å². The van der Waals surface area contributed by atoms with Crippen molar-refractivity contribution < 1.29 is 0 Å². The highest BCUT2D eigenvalue weighted by Gasteiger charge is 2.15. The minimum Gasteiger partial charge on any atom is -0.326 e.